The van der Waals surface area contributed by atoms with Gasteiger partial charge in [0.1, 0.15) is 0 Å². The van der Waals surface area contributed by atoms with E-state index in [4.69, 9.17) is 0 Å². The Morgan fingerprint density at radius 2 is 1.31 bits per heavy atom. The molecule has 0 aliphatic heterocycles. The number of aryl methyl sites for hydroxylation is 5. The zero-order valence-electron chi connectivity index (χ0n) is 10.6. The predicted molar refractivity (Wildman–Crippen MR) is 73.4 cm³/mol. The standard InChI is InChI=1S/C15H18S/c1-9-6-11(3)15(12(4)7-9)14-8-10(2)13(5)16-14/h6-8H,1-5H3. The molecule has 0 saturated heterocycles. The first-order chi connectivity index (χ1) is 7.49. The predicted octanol–water partition coefficient (Wildman–Crippen LogP) is 4.96. The molecule has 0 amide bonds. The summed E-state index contributed by atoms with van der Waals surface area (Å²) in [5, 5.41) is 0. The van der Waals surface area contributed by atoms with Crippen LogP contribution < -0.4 is 0 Å². The molecule has 0 aliphatic carbocycles. The molecule has 0 aliphatic rings. The first-order valence-electron chi connectivity index (χ1n) is 5.64. The van der Waals surface area contributed by atoms with Crippen LogP contribution in [0.15, 0.2) is 18.2 Å². The van der Waals surface area contributed by atoms with Gasteiger partial charge in [0.25, 0.3) is 0 Å². The lowest BCUT2D eigenvalue weighted by Crippen LogP contribution is -1.87. The molecular formula is C15H18S. The lowest BCUT2D eigenvalue weighted by Gasteiger charge is -2.09. The van der Waals surface area contributed by atoms with Crippen molar-refractivity contribution < 1.29 is 0 Å². The minimum absolute atomic E-state index is 1.35. The van der Waals surface area contributed by atoms with Gasteiger partial charge in [0.2, 0.25) is 0 Å². The van der Waals surface area contributed by atoms with E-state index in [1.54, 1.807) is 0 Å². The Kier molecular flexibility index (Phi) is 2.90. The molecule has 0 atom stereocenters. The molecule has 1 heterocycles. The van der Waals surface area contributed by atoms with Gasteiger partial charge in [-0.15, -0.1) is 11.3 Å². The van der Waals surface area contributed by atoms with E-state index in [0.29, 0.717) is 0 Å². The third-order valence-electron chi connectivity index (χ3n) is 3.09. The zero-order chi connectivity index (χ0) is 11.9. The maximum absolute atomic E-state index is 2.31. The molecule has 1 aromatic carbocycles. The van der Waals surface area contributed by atoms with Crippen molar-refractivity contribution in [2.75, 3.05) is 0 Å². The SMILES string of the molecule is Cc1cc(C)c(-c2cc(C)c(C)s2)c(C)c1. The average Bonchev–Trinajstić information content (AvgIpc) is 2.44. The van der Waals surface area contributed by atoms with E-state index < -0.39 is 0 Å². The van der Waals surface area contributed by atoms with Gasteiger partial charge in [-0.25, -0.2) is 0 Å². The van der Waals surface area contributed by atoms with E-state index in [9.17, 15) is 0 Å². The second-order valence-electron chi connectivity index (χ2n) is 4.62. The molecule has 0 spiro atoms. The topological polar surface area (TPSA) is 0 Å². The first-order valence-corrected chi connectivity index (χ1v) is 6.46. The smallest absolute Gasteiger partial charge is 0.0353 e. The lowest BCUT2D eigenvalue weighted by molar-refractivity contribution is 1.33. The van der Waals surface area contributed by atoms with Gasteiger partial charge in [0.05, 0.1) is 0 Å². The molecular weight excluding hydrogens is 212 g/mol. The Balaban J connectivity index is 2.64. The lowest BCUT2D eigenvalue weighted by atomic mass is 9.98. The molecule has 0 saturated carbocycles. The van der Waals surface area contributed by atoms with Crippen molar-refractivity contribution in [2.24, 2.45) is 0 Å². The van der Waals surface area contributed by atoms with E-state index in [2.05, 4.69) is 52.8 Å². The summed E-state index contributed by atoms with van der Waals surface area (Å²) in [5.41, 5.74) is 6.95. The molecule has 1 heteroatoms. The third kappa shape index (κ3) is 1.92. The van der Waals surface area contributed by atoms with Crippen LogP contribution in [0.4, 0.5) is 0 Å². The van der Waals surface area contributed by atoms with Crippen molar-refractivity contribution in [3.8, 4) is 10.4 Å². The van der Waals surface area contributed by atoms with Crippen molar-refractivity contribution in [3.63, 3.8) is 0 Å². The van der Waals surface area contributed by atoms with Gasteiger partial charge >= 0.3 is 0 Å². The molecule has 1 aromatic heterocycles. The maximum atomic E-state index is 2.31. The summed E-state index contributed by atoms with van der Waals surface area (Å²) in [6.45, 7) is 11.0. The normalized spacial score (nSPS) is 10.8. The van der Waals surface area contributed by atoms with Crippen LogP contribution in [0.5, 0.6) is 0 Å². The quantitative estimate of drug-likeness (QED) is 0.649. The Bertz CT molecular complexity index is 490. The summed E-state index contributed by atoms with van der Waals surface area (Å²) in [6.07, 6.45) is 0. The van der Waals surface area contributed by atoms with Gasteiger partial charge in [0.15, 0.2) is 0 Å². The zero-order valence-corrected chi connectivity index (χ0v) is 11.5. The molecule has 0 unspecified atom stereocenters. The minimum Gasteiger partial charge on any atom is -0.140 e. The van der Waals surface area contributed by atoms with Crippen LogP contribution in [0.1, 0.15) is 27.1 Å². The second-order valence-corrected chi connectivity index (χ2v) is 5.88. The Labute approximate surface area is 102 Å². The van der Waals surface area contributed by atoms with Crippen molar-refractivity contribution in [2.45, 2.75) is 34.6 Å². The fourth-order valence-corrected chi connectivity index (χ4v) is 3.47. The largest absolute Gasteiger partial charge is 0.140 e. The first kappa shape index (κ1) is 11.4. The molecule has 0 nitrogen and oxygen atoms in total. The minimum atomic E-state index is 1.35. The van der Waals surface area contributed by atoms with Gasteiger partial charge in [-0.05, 0) is 62.9 Å². The van der Waals surface area contributed by atoms with Crippen LogP contribution >= 0.6 is 11.3 Å². The van der Waals surface area contributed by atoms with Crippen molar-refractivity contribution in [1.82, 2.24) is 0 Å². The highest BCUT2D eigenvalue weighted by molar-refractivity contribution is 7.15. The Morgan fingerprint density at radius 3 is 1.75 bits per heavy atom. The van der Waals surface area contributed by atoms with Gasteiger partial charge in [-0.2, -0.15) is 0 Å². The molecule has 0 fully saturated rings. The van der Waals surface area contributed by atoms with Crippen molar-refractivity contribution in [1.29, 1.82) is 0 Å². The van der Waals surface area contributed by atoms with Crippen LogP contribution in [-0.2, 0) is 0 Å². The van der Waals surface area contributed by atoms with Crippen LogP contribution in [0.2, 0.25) is 0 Å². The van der Waals surface area contributed by atoms with Crippen LogP contribution in [0.3, 0.4) is 0 Å². The van der Waals surface area contributed by atoms with Gasteiger partial charge in [-0.1, -0.05) is 17.7 Å². The van der Waals surface area contributed by atoms with E-state index in [-0.39, 0.29) is 0 Å². The van der Waals surface area contributed by atoms with Crippen molar-refractivity contribution >= 4 is 11.3 Å². The fourth-order valence-electron chi connectivity index (χ4n) is 2.27. The van der Waals surface area contributed by atoms with E-state index >= 15 is 0 Å². The molecule has 0 radical (unpaired) electrons. The average molecular weight is 230 g/mol. The third-order valence-corrected chi connectivity index (χ3v) is 4.26. The number of benzene rings is 1. The number of hydrogen-bond acceptors (Lipinski definition) is 1. The summed E-state index contributed by atoms with van der Waals surface area (Å²) in [5.74, 6) is 0. The van der Waals surface area contributed by atoms with E-state index in [0.717, 1.165) is 0 Å². The van der Waals surface area contributed by atoms with Gasteiger partial charge in [-0.3, -0.25) is 0 Å². The van der Waals surface area contributed by atoms with Crippen LogP contribution in [-0.4, -0.2) is 0 Å². The molecule has 2 aromatic rings. The maximum Gasteiger partial charge on any atom is 0.0353 e. The van der Waals surface area contributed by atoms with Crippen molar-refractivity contribution in [3.05, 3.63) is 45.3 Å². The molecule has 0 bridgehead atoms. The Hall–Kier alpha value is -1.08. The summed E-state index contributed by atoms with van der Waals surface area (Å²) in [4.78, 5) is 2.83. The van der Waals surface area contributed by atoms with E-state index in [1.165, 1.54) is 37.6 Å². The molecule has 0 N–H and O–H groups in total. The van der Waals surface area contributed by atoms with Crippen LogP contribution in [0, 0.1) is 34.6 Å². The summed E-state index contributed by atoms with van der Waals surface area (Å²) in [7, 11) is 0. The molecule has 84 valence electrons. The summed E-state index contributed by atoms with van der Waals surface area (Å²) >= 11 is 1.90. The second kappa shape index (κ2) is 4.06. The number of rotatable bonds is 1. The number of thiophene rings is 1. The molecule has 16 heavy (non-hydrogen) atoms. The summed E-state index contributed by atoms with van der Waals surface area (Å²) in [6, 6.07) is 6.85. The highest BCUT2D eigenvalue weighted by atomic mass is 32.1. The monoisotopic (exact) mass is 230 g/mol. The van der Waals surface area contributed by atoms with Crippen LogP contribution in [0.25, 0.3) is 10.4 Å². The Morgan fingerprint density at radius 1 is 0.750 bits per heavy atom. The van der Waals surface area contributed by atoms with Gasteiger partial charge < -0.3 is 0 Å². The number of hydrogen-bond donors (Lipinski definition) is 0. The molecule has 2 rings (SSSR count). The fraction of sp³-hybridized carbons (Fsp3) is 0.333. The summed E-state index contributed by atoms with van der Waals surface area (Å²) < 4.78 is 0. The van der Waals surface area contributed by atoms with Gasteiger partial charge in [0, 0.05) is 9.75 Å². The highest BCUT2D eigenvalue weighted by Crippen LogP contribution is 2.35. The van der Waals surface area contributed by atoms with E-state index in [1.807, 2.05) is 11.3 Å². The highest BCUT2D eigenvalue weighted by Gasteiger charge is 2.10.